The van der Waals surface area contributed by atoms with Gasteiger partial charge in [-0.05, 0) is 12.6 Å². The second-order valence-corrected chi connectivity index (χ2v) is 3.84. The Morgan fingerprint density at radius 1 is 1.22 bits per heavy atom. The second kappa shape index (κ2) is 5.38. The maximum Gasteiger partial charge on any atom is 0.402 e. The molecular weight excluding hydrogens is 264 g/mol. The number of hydrogen-bond acceptors (Lipinski definition) is 2. The van der Waals surface area contributed by atoms with Gasteiger partial charge in [0.1, 0.15) is 5.76 Å². The summed E-state index contributed by atoms with van der Waals surface area (Å²) in [6, 6.07) is -1.92. The first-order chi connectivity index (χ1) is 8.18. The highest BCUT2D eigenvalue weighted by Crippen LogP contribution is 2.43. The number of hydrogen-bond donors (Lipinski definition) is 1. The number of alkyl halides is 6. The van der Waals surface area contributed by atoms with Gasteiger partial charge in [-0.25, -0.2) is 0 Å². The summed E-state index contributed by atoms with van der Waals surface area (Å²) in [5.41, 5.74) is 0. The Hall–Kier alpha value is -0.920. The molecule has 1 rings (SSSR count). The Kier molecular flexibility index (Phi) is 4.52. The Bertz CT molecular complexity index is 294. The quantitative estimate of drug-likeness (QED) is 0.798. The van der Waals surface area contributed by atoms with Crippen molar-refractivity contribution in [2.45, 2.75) is 31.7 Å². The summed E-state index contributed by atoms with van der Waals surface area (Å²) < 4.78 is 80.4. The number of halogens is 6. The lowest BCUT2D eigenvalue weighted by Crippen LogP contribution is -2.52. The van der Waals surface area contributed by atoms with Crippen LogP contribution in [0.25, 0.3) is 0 Å². The van der Waals surface area contributed by atoms with Crippen LogP contribution in [0, 0.1) is 5.92 Å². The number of ether oxygens (including phenoxy) is 1. The lowest BCUT2D eigenvalue weighted by molar-refractivity contribution is -0.290. The molecule has 0 aliphatic carbocycles. The maximum atomic E-state index is 12.6. The summed E-state index contributed by atoms with van der Waals surface area (Å²) in [4.78, 5) is 0. The zero-order valence-electron chi connectivity index (χ0n) is 9.53. The SMILES string of the molecule is CCNC(C1=CCCO1)C(C(F)(F)F)C(F)(F)F. The minimum absolute atomic E-state index is 0.0198. The highest BCUT2D eigenvalue weighted by atomic mass is 19.4. The van der Waals surface area contributed by atoms with E-state index in [2.05, 4.69) is 5.32 Å². The highest BCUT2D eigenvalue weighted by molar-refractivity contribution is 5.11. The van der Waals surface area contributed by atoms with Gasteiger partial charge in [-0.3, -0.25) is 0 Å². The number of nitrogens with one attached hydrogen (secondary N) is 1. The monoisotopic (exact) mass is 277 g/mol. The van der Waals surface area contributed by atoms with Crippen LogP contribution in [0.1, 0.15) is 13.3 Å². The fraction of sp³-hybridized carbons (Fsp3) is 0.800. The van der Waals surface area contributed by atoms with E-state index in [1.165, 1.54) is 13.0 Å². The van der Waals surface area contributed by atoms with Gasteiger partial charge in [-0.15, -0.1) is 0 Å². The molecule has 106 valence electrons. The highest BCUT2D eigenvalue weighted by Gasteiger charge is 2.61. The predicted molar refractivity (Wildman–Crippen MR) is 51.7 cm³/mol. The van der Waals surface area contributed by atoms with E-state index in [-0.39, 0.29) is 18.9 Å². The van der Waals surface area contributed by atoms with Gasteiger partial charge < -0.3 is 10.1 Å². The molecule has 0 spiro atoms. The Morgan fingerprint density at radius 3 is 2.11 bits per heavy atom. The van der Waals surface area contributed by atoms with Crippen LogP contribution in [-0.2, 0) is 4.74 Å². The van der Waals surface area contributed by atoms with Crippen molar-refractivity contribution >= 4 is 0 Å². The predicted octanol–water partition coefficient (Wildman–Crippen LogP) is 3.01. The average Bonchev–Trinajstić information content (AvgIpc) is 2.64. The number of likely N-dealkylation sites (N-methyl/N-ethyl adjacent to an activating group) is 1. The van der Waals surface area contributed by atoms with Crippen molar-refractivity contribution < 1.29 is 31.1 Å². The van der Waals surface area contributed by atoms with Crippen molar-refractivity contribution in [1.82, 2.24) is 5.32 Å². The van der Waals surface area contributed by atoms with Crippen molar-refractivity contribution in [3.63, 3.8) is 0 Å². The van der Waals surface area contributed by atoms with Crippen molar-refractivity contribution in [2.24, 2.45) is 5.92 Å². The molecule has 8 heteroatoms. The lowest BCUT2D eigenvalue weighted by Gasteiger charge is -2.31. The lowest BCUT2D eigenvalue weighted by atomic mass is 9.96. The van der Waals surface area contributed by atoms with Crippen LogP contribution in [-0.4, -0.2) is 31.5 Å². The average molecular weight is 277 g/mol. The number of rotatable bonds is 4. The van der Waals surface area contributed by atoms with Crippen LogP contribution in [0.15, 0.2) is 11.8 Å². The van der Waals surface area contributed by atoms with Crippen LogP contribution in [0.3, 0.4) is 0 Å². The molecule has 1 atom stereocenters. The Morgan fingerprint density at radius 2 is 1.78 bits per heavy atom. The van der Waals surface area contributed by atoms with Gasteiger partial charge in [0, 0.05) is 6.42 Å². The van der Waals surface area contributed by atoms with Gasteiger partial charge in [-0.2, -0.15) is 26.3 Å². The van der Waals surface area contributed by atoms with E-state index in [0.717, 1.165) is 0 Å². The van der Waals surface area contributed by atoms with E-state index < -0.39 is 24.3 Å². The first kappa shape index (κ1) is 15.1. The standard InChI is InChI=1S/C10H13F6NO/c1-2-17-7(6-4-3-5-18-6)8(9(11,12)13)10(14,15)16/h4,7-8,17H,2-3,5H2,1H3. The molecule has 1 aliphatic heterocycles. The molecule has 0 saturated heterocycles. The molecule has 1 N–H and O–H groups in total. The van der Waals surface area contributed by atoms with Crippen molar-refractivity contribution in [3.05, 3.63) is 11.8 Å². The van der Waals surface area contributed by atoms with E-state index in [1.54, 1.807) is 0 Å². The van der Waals surface area contributed by atoms with E-state index in [0.29, 0.717) is 6.42 Å². The zero-order valence-corrected chi connectivity index (χ0v) is 9.53. The normalized spacial score (nSPS) is 18.8. The molecular formula is C10H13F6NO. The molecule has 0 aromatic rings. The van der Waals surface area contributed by atoms with Gasteiger partial charge in [0.05, 0.1) is 12.6 Å². The summed E-state index contributed by atoms with van der Waals surface area (Å²) in [6.07, 6.45) is -9.17. The maximum absolute atomic E-state index is 12.6. The van der Waals surface area contributed by atoms with Gasteiger partial charge >= 0.3 is 12.4 Å². The first-order valence-corrected chi connectivity index (χ1v) is 5.37. The van der Waals surface area contributed by atoms with Crippen molar-refractivity contribution in [1.29, 1.82) is 0 Å². The van der Waals surface area contributed by atoms with Crippen molar-refractivity contribution in [3.8, 4) is 0 Å². The van der Waals surface area contributed by atoms with Crippen LogP contribution in [0.4, 0.5) is 26.3 Å². The molecule has 0 aromatic carbocycles. The summed E-state index contributed by atoms with van der Waals surface area (Å²) in [7, 11) is 0. The third-order valence-electron chi connectivity index (χ3n) is 2.50. The molecule has 0 amide bonds. The fourth-order valence-corrected chi connectivity index (χ4v) is 1.82. The van der Waals surface area contributed by atoms with Crippen LogP contribution < -0.4 is 5.32 Å². The minimum Gasteiger partial charge on any atom is -0.496 e. The van der Waals surface area contributed by atoms with E-state index >= 15 is 0 Å². The summed E-state index contributed by atoms with van der Waals surface area (Å²) >= 11 is 0. The summed E-state index contributed by atoms with van der Waals surface area (Å²) in [6.45, 7) is 1.53. The molecule has 0 bridgehead atoms. The molecule has 0 fully saturated rings. The molecule has 2 nitrogen and oxygen atoms in total. The van der Waals surface area contributed by atoms with Gasteiger partial charge in [0.25, 0.3) is 0 Å². The first-order valence-electron chi connectivity index (χ1n) is 5.37. The van der Waals surface area contributed by atoms with E-state index in [9.17, 15) is 26.3 Å². The summed E-state index contributed by atoms with van der Waals surface area (Å²) in [5.74, 6) is -3.74. The second-order valence-electron chi connectivity index (χ2n) is 3.84. The van der Waals surface area contributed by atoms with E-state index in [1.807, 2.05) is 0 Å². The molecule has 0 saturated carbocycles. The van der Waals surface area contributed by atoms with Crippen LogP contribution >= 0.6 is 0 Å². The molecule has 1 heterocycles. The molecule has 1 unspecified atom stereocenters. The van der Waals surface area contributed by atoms with Gasteiger partial charge in [-0.1, -0.05) is 6.92 Å². The zero-order chi connectivity index (χ0) is 14.0. The third kappa shape index (κ3) is 3.54. The third-order valence-corrected chi connectivity index (χ3v) is 2.50. The topological polar surface area (TPSA) is 21.3 Å². The molecule has 1 aliphatic rings. The Balaban J connectivity index is 3.05. The smallest absolute Gasteiger partial charge is 0.402 e. The van der Waals surface area contributed by atoms with Crippen molar-refractivity contribution in [2.75, 3.05) is 13.2 Å². The van der Waals surface area contributed by atoms with Gasteiger partial charge in [0.2, 0.25) is 0 Å². The fourth-order valence-electron chi connectivity index (χ4n) is 1.82. The van der Waals surface area contributed by atoms with E-state index in [4.69, 9.17) is 4.74 Å². The van der Waals surface area contributed by atoms with Gasteiger partial charge in [0.15, 0.2) is 5.92 Å². The van der Waals surface area contributed by atoms with Crippen LogP contribution in [0.5, 0.6) is 0 Å². The Labute approximate surface area is 100.0 Å². The van der Waals surface area contributed by atoms with Crippen LogP contribution in [0.2, 0.25) is 0 Å². The largest absolute Gasteiger partial charge is 0.496 e. The molecule has 0 aromatic heterocycles. The molecule has 18 heavy (non-hydrogen) atoms. The summed E-state index contributed by atoms with van der Waals surface area (Å²) in [5, 5.41) is 2.20. The minimum atomic E-state index is -5.38. The molecule has 0 radical (unpaired) electrons.